The van der Waals surface area contributed by atoms with E-state index in [2.05, 4.69) is 10.2 Å². The third-order valence-corrected chi connectivity index (χ3v) is 7.60. The van der Waals surface area contributed by atoms with Crippen LogP contribution in [0, 0.1) is 6.92 Å². The molecule has 3 heterocycles. The number of fused-ring (bicyclic) bond motifs is 4. The Bertz CT molecular complexity index is 1910. The quantitative estimate of drug-likeness (QED) is 0.223. The average Bonchev–Trinajstić information content (AvgIpc) is 3.37. The summed E-state index contributed by atoms with van der Waals surface area (Å²) in [4.78, 5) is 12.1. The lowest BCUT2D eigenvalue weighted by molar-refractivity contribution is -0.137. The van der Waals surface area contributed by atoms with Crippen LogP contribution < -0.4 is 15.0 Å². The van der Waals surface area contributed by atoms with Gasteiger partial charge in [0.2, 0.25) is 0 Å². The molecular weight excluding hydrogens is 565 g/mol. The molecule has 4 aromatic carbocycles. The summed E-state index contributed by atoms with van der Waals surface area (Å²) >= 11 is 0. The Balaban J connectivity index is 1.45. The van der Waals surface area contributed by atoms with Crippen molar-refractivity contribution < 1.29 is 17.9 Å². The summed E-state index contributed by atoms with van der Waals surface area (Å²) in [6.45, 7) is 4.45. The molecule has 5 aromatic rings. The Labute approximate surface area is 252 Å². The number of alkyl halides is 3. The van der Waals surface area contributed by atoms with E-state index in [0.717, 1.165) is 46.1 Å². The average molecular weight is 593 g/mol. The number of rotatable bonds is 5. The number of nitrogens with zero attached hydrogens (tertiary/aromatic N) is 5. The standard InChI is InChI=1S/C34H27F3N6O/c1-3-44-26-18-16-22(17-19-26)30-29-21(2)41-43(25-12-5-4-6-13-25)32(29)40-33-31(39-27-14-7-8-15-28(27)42(30)33)38-24-11-9-10-23(20-24)34(35,36)37/h4-20,30H,3H2,1-2H3,(H,38,39)/t30-/m1/s1. The van der Waals surface area contributed by atoms with Crippen molar-refractivity contribution >= 4 is 34.6 Å². The number of hydrogen-bond acceptors (Lipinski definition) is 6. The van der Waals surface area contributed by atoms with Gasteiger partial charge in [-0.3, -0.25) is 0 Å². The number of benzene rings is 4. The van der Waals surface area contributed by atoms with Gasteiger partial charge in [0, 0.05) is 11.3 Å². The normalized spacial score (nSPS) is 15.5. The summed E-state index contributed by atoms with van der Waals surface area (Å²) in [5.74, 6) is 2.16. The minimum atomic E-state index is -4.49. The Hall–Kier alpha value is -5.38. The second kappa shape index (κ2) is 10.7. The summed E-state index contributed by atoms with van der Waals surface area (Å²) in [7, 11) is 0. The molecule has 2 aliphatic heterocycles. The molecule has 1 N–H and O–H groups in total. The number of halogens is 3. The summed E-state index contributed by atoms with van der Waals surface area (Å²) in [5.41, 5.74) is 4.49. The molecule has 7 rings (SSSR count). The van der Waals surface area contributed by atoms with Gasteiger partial charge in [0.15, 0.2) is 17.5 Å². The first-order valence-corrected chi connectivity index (χ1v) is 14.2. The summed E-state index contributed by atoms with van der Waals surface area (Å²) in [6, 6.07) is 30.0. The maximum Gasteiger partial charge on any atom is 0.416 e. The number of hydrogen-bond donors (Lipinski definition) is 1. The fourth-order valence-electron chi connectivity index (χ4n) is 5.69. The van der Waals surface area contributed by atoms with E-state index < -0.39 is 11.7 Å². The second-order valence-electron chi connectivity index (χ2n) is 10.4. The number of aryl methyl sites for hydroxylation is 1. The highest BCUT2D eigenvalue weighted by Crippen LogP contribution is 2.48. The van der Waals surface area contributed by atoms with Crippen LogP contribution in [0.5, 0.6) is 5.75 Å². The number of ether oxygens (including phenoxy) is 1. The predicted octanol–water partition coefficient (Wildman–Crippen LogP) is 8.39. The molecular formula is C34H27F3N6O. The van der Waals surface area contributed by atoms with Crippen LogP contribution >= 0.6 is 0 Å². The molecule has 1 aromatic heterocycles. The minimum Gasteiger partial charge on any atom is -0.494 e. The van der Waals surface area contributed by atoms with Gasteiger partial charge in [0.1, 0.15) is 5.75 Å². The molecule has 0 radical (unpaired) electrons. The number of para-hydroxylation sites is 3. The largest absolute Gasteiger partial charge is 0.494 e. The molecule has 0 spiro atoms. The molecule has 44 heavy (non-hydrogen) atoms. The monoisotopic (exact) mass is 592 g/mol. The second-order valence-corrected chi connectivity index (χ2v) is 10.4. The number of aromatic nitrogens is 2. The van der Waals surface area contributed by atoms with Crippen molar-refractivity contribution in [2.75, 3.05) is 16.8 Å². The van der Waals surface area contributed by atoms with E-state index >= 15 is 0 Å². The van der Waals surface area contributed by atoms with Crippen LogP contribution in [0.2, 0.25) is 0 Å². The van der Waals surface area contributed by atoms with Gasteiger partial charge in [-0.05, 0) is 74.0 Å². The van der Waals surface area contributed by atoms with Crippen LogP contribution in [-0.4, -0.2) is 28.1 Å². The van der Waals surface area contributed by atoms with Gasteiger partial charge >= 0.3 is 6.18 Å². The van der Waals surface area contributed by atoms with Crippen molar-refractivity contribution in [3.8, 4) is 11.4 Å². The molecule has 0 amide bonds. The van der Waals surface area contributed by atoms with Gasteiger partial charge in [0.25, 0.3) is 0 Å². The fourth-order valence-corrected chi connectivity index (χ4v) is 5.69. The van der Waals surface area contributed by atoms with E-state index in [1.807, 2.05) is 92.7 Å². The first-order valence-electron chi connectivity index (χ1n) is 14.2. The van der Waals surface area contributed by atoms with Crippen LogP contribution in [0.25, 0.3) is 5.69 Å². The van der Waals surface area contributed by atoms with E-state index in [0.29, 0.717) is 29.8 Å². The van der Waals surface area contributed by atoms with Gasteiger partial charge in [-0.1, -0.05) is 48.5 Å². The maximum absolute atomic E-state index is 13.6. The van der Waals surface area contributed by atoms with Crippen molar-refractivity contribution in [2.45, 2.75) is 26.1 Å². The van der Waals surface area contributed by atoms with Gasteiger partial charge in [-0.25, -0.2) is 14.7 Å². The van der Waals surface area contributed by atoms with E-state index in [1.54, 1.807) is 10.7 Å². The van der Waals surface area contributed by atoms with E-state index in [-0.39, 0.29) is 11.7 Å². The molecule has 2 aliphatic rings. The first kappa shape index (κ1) is 27.5. The van der Waals surface area contributed by atoms with Crippen LogP contribution in [0.3, 0.4) is 0 Å². The lowest BCUT2D eigenvalue weighted by Crippen LogP contribution is -2.46. The van der Waals surface area contributed by atoms with Crippen LogP contribution in [-0.2, 0) is 6.18 Å². The molecule has 220 valence electrons. The Morgan fingerprint density at radius 2 is 1.61 bits per heavy atom. The number of anilines is 2. The molecule has 0 aliphatic carbocycles. The lowest BCUT2D eigenvalue weighted by atomic mass is 9.93. The van der Waals surface area contributed by atoms with Crippen molar-refractivity contribution in [1.82, 2.24) is 9.78 Å². The summed E-state index contributed by atoms with van der Waals surface area (Å²) in [6.07, 6.45) is -4.49. The molecule has 1 atom stereocenters. The van der Waals surface area contributed by atoms with Crippen LogP contribution in [0.4, 0.5) is 36.1 Å². The smallest absolute Gasteiger partial charge is 0.416 e. The fraction of sp³-hybridized carbons (Fsp3) is 0.147. The van der Waals surface area contributed by atoms with Crippen molar-refractivity contribution in [2.24, 2.45) is 9.98 Å². The molecule has 10 heteroatoms. The lowest BCUT2D eigenvalue weighted by Gasteiger charge is -2.40. The van der Waals surface area contributed by atoms with Crippen molar-refractivity contribution in [3.63, 3.8) is 0 Å². The maximum atomic E-state index is 13.6. The van der Waals surface area contributed by atoms with Gasteiger partial charge < -0.3 is 15.0 Å². The van der Waals surface area contributed by atoms with Gasteiger partial charge in [0.05, 0.1) is 41.0 Å². The Kier molecular flexibility index (Phi) is 6.68. The summed E-state index contributed by atoms with van der Waals surface area (Å²) in [5, 5.41) is 8.08. The topological polar surface area (TPSA) is 67.0 Å². The SMILES string of the molecule is CCOc1ccc([C@@H]2c3c(C)nn(-c4ccccc4)c3N=C3C(Nc4cccc(C(F)(F)F)c4)=Nc4ccccc4N32)cc1. The van der Waals surface area contributed by atoms with E-state index in [1.165, 1.54) is 6.07 Å². The molecule has 0 unspecified atom stereocenters. The highest BCUT2D eigenvalue weighted by Gasteiger charge is 2.41. The zero-order valence-electron chi connectivity index (χ0n) is 23.9. The van der Waals surface area contributed by atoms with Crippen LogP contribution in [0.1, 0.15) is 35.3 Å². The van der Waals surface area contributed by atoms with Gasteiger partial charge in [-0.15, -0.1) is 0 Å². The molecule has 0 bridgehead atoms. The summed E-state index contributed by atoms with van der Waals surface area (Å²) < 4.78 is 48.3. The molecule has 0 fully saturated rings. The first-order chi connectivity index (χ1) is 21.3. The van der Waals surface area contributed by atoms with E-state index in [4.69, 9.17) is 19.8 Å². The molecule has 7 nitrogen and oxygen atoms in total. The zero-order valence-corrected chi connectivity index (χ0v) is 23.9. The van der Waals surface area contributed by atoms with Gasteiger partial charge in [-0.2, -0.15) is 18.3 Å². The third kappa shape index (κ3) is 4.78. The zero-order chi connectivity index (χ0) is 30.4. The Morgan fingerprint density at radius 1 is 0.864 bits per heavy atom. The highest BCUT2D eigenvalue weighted by molar-refractivity contribution is 6.51. The minimum absolute atomic E-state index is 0.247. The number of aliphatic imine (C=N–C) groups is 2. The van der Waals surface area contributed by atoms with E-state index in [9.17, 15) is 13.2 Å². The molecule has 0 saturated heterocycles. The Morgan fingerprint density at radius 3 is 2.36 bits per heavy atom. The predicted molar refractivity (Wildman–Crippen MR) is 166 cm³/mol. The molecule has 0 saturated carbocycles. The third-order valence-electron chi connectivity index (χ3n) is 7.60. The van der Waals surface area contributed by atoms with Crippen molar-refractivity contribution in [1.29, 1.82) is 0 Å². The van der Waals surface area contributed by atoms with Crippen LogP contribution in [0.15, 0.2) is 113 Å². The highest BCUT2D eigenvalue weighted by atomic mass is 19.4. The number of nitrogens with one attached hydrogen (secondary N) is 1. The number of amidine groups is 2. The van der Waals surface area contributed by atoms with Crippen molar-refractivity contribution in [3.05, 3.63) is 126 Å².